The van der Waals surface area contributed by atoms with E-state index in [0.29, 0.717) is 23.9 Å². The SMILES string of the molecule is CCOC(=O)c1ccc(-c2cnc3c(c2)N(Cc2cccnc2Cl)CCN3)cc1. The summed E-state index contributed by atoms with van der Waals surface area (Å²) >= 11 is 6.25. The van der Waals surface area contributed by atoms with Crippen molar-refractivity contribution in [2.24, 2.45) is 0 Å². The molecule has 3 aromatic rings. The number of rotatable bonds is 5. The van der Waals surface area contributed by atoms with E-state index in [2.05, 4.69) is 26.3 Å². The van der Waals surface area contributed by atoms with E-state index in [9.17, 15) is 4.79 Å². The lowest BCUT2D eigenvalue weighted by Crippen LogP contribution is -2.34. The predicted molar refractivity (Wildman–Crippen MR) is 114 cm³/mol. The van der Waals surface area contributed by atoms with Crippen molar-refractivity contribution in [2.75, 3.05) is 29.9 Å². The van der Waals surface area contributed by atoms with Gasteiger partial charge in [0, 0.05) is 43.2 Å². The van der Waals surface area contributed by atoms with Gasteiger partial charge in [0.2, 0.25) is 0 Å². The Balaban J connectivity index is 1.61. The Bertz CT molecular complexity index is 1020. The maximum absolute atomic E-state index is 11.9. The molecule has 29 heavy (non-hydrogen) atoms. The molecule has 3 heterocycles. The van der Waals surface area contributed by atoms with E-state index in [1.54, 1.807) is 25.3 Å². The molecule has 4 rings (SSSR count). The highest BCUT2D eigenvalue weighted by molar-refractivity contribution is 6.30. The van der Waals surface area contributed by atoms with E-state index >= 15 is 0 Å². The largest absolute Gasteiger partial charge is 0.462 e. The van der Waals surface area contributed by atoms with Crippen LogP contribution in [0.1, 0.15) is 22.8 Å². The van der Waals surface area contributed by atoms with Crippen LogP contribution in [0.4, 0.5) is 11.5 Å². The molecule has 7 heteroatoms. The summed E-state index contributed by atoms with van der Waals surface area (Å²) in [4.78, 5) is 22.9. The second-order valence-corrected chi connectivity index (χ2v) is 7.05. The summed E-state index contributed by atoms with van der Waals surface area (Å²) in [6.07, 6.45) is 3.53. The quantitative estimate of drug-likeness (QED) is 0.498. The first-order valence-electron chi connectivity index (χ1n) is 9.51. The normalized spacial score (nSPS) is 12.8. The number of fused-ring (bicyclic) bond motifs is 1. The second kappa shape index (κ2) is 8.49. The maximum atomic E-state index is 11.9. The fourth-order valence-electron chi connectivity index (χ4n) is 3.34. The number of hydrogen-bond acceptors (Lipinski definition) is 6. The van der Waals surface area contributed by atoms with E-state index in [1.807, 2.05) is 30.5 Å². The van der Waals surface area contributed by atoms with Gasteiger partial charge >= 0.3 is 5.97 Å². The number of ether oxygens (including phenoxy) is 1. The number of halogens is 1. The Morgan fingerprint density at radius 2 is 2.03 bits per heavy atom. The molecule has 0 bridgehead atoms. The van der Waals surface area contributed by atoms with E-state index in [4.69, 9.17) is 16.3 Å². The molecule has 0 saturated heterocycles. The van der Waals surface area contributed by atoms with Crippen molar-refractivity contribution in [3.63, 3.8) is 0 Å². The van der Waals surface area contributed by atoms with Crippen LogP contribution in [0, 0.1) is 0 Å². The number of carbonyl (C=O) groups is 1. The molecule has 0 fully saturated rings. The molecule has 0 amide bonds. The number of anilines is 2. The van der Waals surface area contributed by atoms with E-state index in [1.165, 1.54) is 0 Å². The second-order valence-electron chi connectivity index (χ2n) is 6.69. The average Bonchev–Trinajstić information content (AvgIpc) is 2.75. The molecule has 0 atom stereocenters. The van der Waals surface area contributed by atoms with Crippen LogP contribution in [-0.4, -0.2) is 35.6 Å². The lowest BCUT2D eigenvalue weighted by Gasteiger charge is -2.31. The molecule has 1 aromatic carbocycles. The van der Waals surface area contributed by atoms with E-state index < -0.39 is 0 Å². The maximum Gasteiger partial charge on any atom is 0.338 e. The Kier molecular flexibility index (Phi) is 5.62. The van der Waals surface area contributed by atoms with Gasteiger partial charge in [0.25, 0.3) is 0 Å². The van der Waals surface area contributed by atoms with Gasteiger partial charge in [-0.2, -0.15) is 0 Å². The van der Waals surface area contributed by atoms with Gasteiger partial charge in [-0.25, -0.2) is 14.8 Å². The van der Waals surface area contributed by atoms with Crippen molar-refractivity contribution in [3.05, 3.63) is 71.1 Å². The van der Waals surface area contributed by atoms with E-state index in [0.717, 1.165) is 41.3 Å². The van der Waals surface area contributed by atoms with Gasteiger partial charge in [-0.3, -0.25) is 0 Å². The first kappa shape index (κ1) is 19.2. The van der Waals surface area contributed by atoms with Gasteiger partial charge in [0.15, 0.2) is 0 Å². The lowest BCUT2D eigenvalue weighted by molar-refractivity contribution is 0.0526. The first-order valence-corrected chi connectivity index (χ1v) is 9.89. The molecule has 0 saturated carbocycles. The first-order chi connectivity index (χ1) is 14.2. The van der Waals surface area contributed by atoms with Gasteiger partial charge in [0.1, 0.15) is 11.0 Å². The third-order valence-electron chi connectivity index (χ3n) is 4.81. The van der Waals surface area contributed by atoms with Crippen LogP contribution in [-0.2, 0) is 11.3 Å². The van der Waals surface area contributed by atoms with Crippen LogP contribution in [0.2, 0.25) is 5.15 Å². The monoisotopic (exact) mass is 408 g/mol. The molecule has 0 radical (unpaired) electrons. The van der Waals surface area contributed by atoms with Crippen LogP contribution < -0.4 is 10.2 Å². The Labute approximate surface area is 174 Å². The van der Waals surface area contributed by atoms with Gasteiger partial charge < -0.3 is 15.0 Å². The molecular weight excluding hydrogens is 388 g/mol. The number of nitrogens with zero attached hydrogens (tertiary/aromatic N) is 3. The van der Waals surface area contributed by atoms with E-state index in [-0.39, 0.29) is 5.97 Å². The van der Waals surface area contributed by atoms with Crippen molar-refractivity contribution >= 4 is 29.1 Å². The summed E-state index contributed by atoms with van der Waals surface area (Å²) in [5.41, 5.74) is 4.49. The summed E-state index contributed by atoms with van der Waals surface area (Å²) in [6, 6.07) is 13.4. The summed E-state index contributed by atoms with van der Waals surface area (Å²) < 4.78 is 5.05. The molecule has 2 aromatic heterocycles. The number of hydrogen-bond donors (Lipinski definition) is 1. The third-order valence-corrected chi connectivity index (χ3v) is 5.15. The Morgan fingerprint density at radius 1 is 1.21 bits per heavy atom. The lowest BCUT2D eigenvalue weighted by atomic mass is 10.0. The van der Waals surface area contributed by atoms with Gasteiger partial charge in [0.05, 0.1) is 17.9 Å². The van der Waals surface area contributed by atoms with Crippen molar-refractivity contribution in [3.8, 4) is 11.1 Å². The number of benzene rings is 1. The van der Waals surface area contributed by atoms with Crippen molar-refractivity contribution in [1.82, 2.24) is 9.97 Å². The Morgan fingerprint density at radius 3 is 2.79 bits per heavy atom. The van der Waals surface area contributed by atoms with Gasteiger partial charge in [-0.1, -0.05) is 29.8 Å². The summed E-state index contributed by atoms with van der Waals surface area (Å²) in [5.74, 6) is 0.537. The van der Waals surface area contributed by atoms with Crippen LogP contribution in [0.15, 0.2) is 54.9 Å². The number of nitrogens with one attached hydrogen (secondary N) is 1. The fourth-order valence-corrected chi connectivity index (χ4v) is 3.52. The molecule has 6 nitrogen and oxygen atoms in total. The highest BCUT2D eigenvalue weighted by Crippen LogP contribution is 2.33. The molecule has 1 aliphatic rings. The highest BCUT2D eigenvalue weighted by Gasteiger charge is 2.20. The minimum atomic E-state index is -0.314. The minimum Gasteiger partial charge on any atom is -0.462 e. The average molecular weight is 409 g/mol. The number of aromatic nitrogens is 2. The fraction of sp³-hybridized carbons (Fsp3) is 0.227. The van der Waals surface area contributed by atoms with Crippen molar-refractivity contribution < 1.29 is 9.53 Å². The third kappa shape index (κ3) is 4.17. The zero-order valence-corrected chi connectivity index (χ0v) is 16.8. The molecule has 1 N–H and O–H groups in total. The minimum absolute atomic E-state index is 0.314. The van der Waals surface area contributed by atoms with Crippen LogP contribution in [0.25, 0.3) is 11.1 Å². The summed E-state index contributed by atoms with van der Waals surface area (Å²) in [7, 11) is 0. The predicted octanol–water partition coefficient (Wildman–Crippen LogP) is 4.41. The number of carbonyl (C=O) groups excluding carboxylic acids is 1. The Hall–Kier alpha value is -3.12. The molecule has 1 aliphatic heterocycles. The van der Waals surface area contributed by atoms with Crippen LogP contribution in [0.3, 0.4) is 0 Å². The zero-order chi connectivity index (χ0) is 20.2. The highest BCUT2D eigenvalue weighted by atomic mass is 35.5. The van der Waals surface area contributed by atoms with Gasteiger partial charge in [-0.05, 0) is 36.8 Å². The number of pyridine rings is 2. The molecular formula is C22H21ClN4O2. The summed E-state index contributed by atoms with van der Waals surface area (Å²) in [5, 5.41) is 3.87. The molecule has 0 spiro atoms. The molecule has 148 valence electrons. The van der Waals surface area contributed by atoms with Crippen LogP contribution >= 0.6 is 11.6 Å². The topological polar surface area (TPSA) is 67.3 Å². The number of esters is 1. The zero-order valence-electron chi connectivity index (χ0n) is 16.1. The smallest absolute Gasteiger partial charge is 0.338 e. The standard InChI is InChI=1S/C22H21ClN4O2/c1-2-29-22(28)16-7-5-15(6-8-16)18-12-19-21(26-13-18)25-10-11-27(19)14-17-4-3-9-24-20(17)23/h3-9,12-13H,2,10-11,14H2,1H3,(H,25,26). The van der Waals surface area contributed by atoms with Crippen molar-refractivity contribution in [1.29, 1.82) is 0 Å². The van der Waals surface area contributed by atoms with Gasteiger partial charge in [-0.15, -0.1) is 0 Å². The summed E-state index contributed by atoms with van der Waals surface area (Å²) in [6.45, 7) is 4.47. The molecule has 0 aliphatic carbocycles. The molecule has 0 unspecified atom stereocenters. The van der Waals surface area contributed by atoms with Crippen molar-refractivity contribution in [2.45, 2.75) is 13.5 Å². The van der Waals surface area contributed by atoms with Crippen LogP contribution in [0.5, 0.6) is 0 Å².